The summed E-state index contributed by atoms with van der Waals surface area (Å²) < 4.78 is 35.9. The smallest absolute Gasteiger partial charge is 0.403 e. The van der Waals surface area contributed by atoms with Crippen molar-refractivity contribution in [2.24, 2.45) is 0 Å². The fourth-order valence-electron chi connectivity index (χ4n) is 8.41. The molecule has 4 aliphatic carbocycles. The van der Waals surface area contributed by atoms with Gasteiger partial charge in [-0.05, 0) is 69.1 Å². The summed E-state index contributed by atoms with van der Waals surface area (Å²) in [4.78, 5) is 40.3. The van der Waals surface area contributed by atoms with E-state index in [4.69, 9.17) is 9.05 Å². The zero-order valence-electron chi connectivity index (χ0n) is 22.0. The molecular weight excluding hydrogens is 574 g/mol. The first-order chi connectivity index (χ1) is 20.1. The van der Waals surface area contributed by atoms with Crippen molar-refractivity contribution in [3.05, 3.63) is 117 Å². The molecule has 0 spiro atoms. The van der Waals surface area contributed by atoms with Crippen LogP contribution < -0.4 is 9.05 Å². The van der Waals surface area contributed by atoms with Gasteiger partial charge in [-0.25, -0.2) is 9.13 Å². The highest BCUT2D eigenvalue weighted by Gasteiger charge is 2.49. The standard InChI is InChI=1S/C32H24O8P2/c33-41(34,35)39-31-27-12-23-21-11-22(18-8-4-3-7-17(18)21)24(23)13-28(27)32(40-42(36,37)38)30-26-14-25(29(30)31)19-9-15-5-1-2-6-16(15)10-20(19)26/h1-10,12-13,21-22,25-26H,11,14H2,(H2,33,34,35)(H2,36,37,38). The van der Waals surface area contributed by atoms with Gasteiger partial charge in [-0.2, -0.15) is 0 Å². The Bertz CT molecular complexity index is 2000. The summed E-state index contributed by atoms with van der Waals surface area (Å²) >= 11 is 0. The highest BCUT2D eigenvalue weighted by Crippen LogP contribution is 2.67. The van der Waals surface area contributed by atoms with Crippen LogP contribution in [-0.4, -0.2) is 19.6 Å². The fourth-order valence-corrected chi connectivity index (χ4v) is 9.28. The van der Waals surface area contributed by atoms with E-state index in [-0.39, 0.29) is 35.2 Å². The quantitative estimate of drug-likeness (QED) is 0.164. The summed E-state index contributed by atoms with van der Waals surface area (Å²) in [6.45, 7) is 0. The Hall–Kier alpha value is -3.48. The van der Waals surface area contributed by atoms with E-state index in [1.54, 1.807) is 0 Å². The molecule has 42 heavy (non-hydrogen) atoms. The molecule has 9 rings (SSSR count). The van der Waals surface area contributed by atoms with E-state index in [2.05, 4.69) is 24.3 Å². The van der Waals surface area contributed by atoms with Crippen LogP contribution in [0.1, 0.15) is 81.0 Å². The molecule has 0 fully saturated rings. The van der Waals surface area contributed by atoms with Crippen molar-refractivity contribution in [3.63, 3.8) is 0 Å². The van der Waals surface area contributed by atoms with Gasteiger partial charge in [0.1, 0.15) is 11.5 Å². The molecule has 0 amide bonds. The maximum Gasteiger partial charge on any atom is 0.524 e. The molecule has 4 atom stereocenters. The Balaban J connectivity index is 1.37. The molecule has 10 heteroatoms. The number of hydrogen-bond acceptors (Lipinski definition) is 4. The number of benzene rings is 5. The first kappa shape index (κ1) is 25.1. The highest BCUT2D eigenvalue weighted by molar-refractivity contribution is 7.47. The van der Waals surface area contributed by atoms with E-state index in [1.807, 2.05) is 48.5 Å². The average molecular weight is 598 g/mol. The van der Waals surface area contributed by atoms with Gasteiger partial charge in [-0.15, -0.1) is 0 Å². The lowest BCUT2D eigenvalue weighted by Crippen LogP contribution is -2.10. The minimum absolute atomic E-state index is 0.0663. The molecule has 4 N–H and O–H groups in total. The summed E-state index contributed by atoms with van der Waals surface area (Å²) in [6, 6.07) is 24.2. The minimum Gasteiger partial charge on any atom is -0.403 e. The highest BCUT2D eigenvalue weighted by atomic mass is 31.2. The Morgan fingerprint density at radius 3 is 1.33 bits per heavy atom. The lowest BCUT2D eigenvalue weighted by Gasteiger charge is -2.28. The number of phosphoric ester groups is 2. The molecule has 0 aromatic heterocycles. The lowest BCUT2D eigenvalue weighted by atomic mass is 9.80. The molecule has 0 radical (unpaired) electrons. The van der Waals surface area contributed by atoms with Crippen molar-refractivity contribution >= 4 is 37.2 Å². The van der Waals surface area contributed by atoms with Gasteiger partial charge in [-0.1, -0.05) is 60.7 Å². The van der Waals surface area contributed by atoms with E-state index in [1.165, 1.54) is 11.1 Å². The second kappa shape index (κ2) is 8.12. The van der Waals surface area contributed by atoms with Crippen molar-refractivity contribution < 1.29 is 37.8 Å². The van der Waals surface area contributed by atoms with Gasteiger partial charge in [0.2, 0.25) is 0 Å². The first-order valence-electron chi connectivity index (χ1n) is 13.8. The fraction of sp³-hybridized carbons (Fsp3) is 0.188. The molecule has 0 saturated carbocycles. The lowest BCUT2D eigenvalue weighted by molar-refractivity contribution is 0.278. The summed E-state index contributed by atoms with van der Waals surface area (Å²) in [7, 11) is -10.0. The van der Waals surface area contributed by atoms with Crippen molar-refractivity contribution in [1.82, 2.24) is 0 Å². The van der Waals surface area contributed by atoms with Crippen molar-refractivity contribution in [2.45, 2.75) is 36.5 Å². The van der Waals surface area contributed by atoms with E-state index in [0.29, 0.717) is 28.3 Å². The van der Waals surface area contributed by atoms with Gasteiger partial charge in [0, 0.05) is 45.6 Å². The van der Waals surface area contributed by atoms with Gasteiger partial charge in [0.05, 0.1) is 0 Å². The monoisotopic (exact) mass is 598 g/mol. The van der Waals surface area contributed by atoms with Crippen LogP contribution in [0.2, 0.25) is 0 Å². The zero-order chi connectivity index (χ0) is 28.7. The Kier molecular flexibility index (Phi) is 4.84. The van der Waals surface area contributed by atoms with Crippen LogP contribution in [-0.2, 0) is 9.13 Å². The van der Waals surface area contributed by atoms with Crippen LogP contribution in [0.5, 0.6) is 11.5 Å². The van der Waals surface area contributed by atoms with Gasteiger partial charge in [0.15, 0.2) is 0 Å². The van der Waals surface area contributed by atoms with Crippen LogP contribution in [0.4, 0.5) is 0 Å². The van der Waals surface area contributed by atoms with Gasteiger partial charge in [0.25, 0.3) is 0 Å². The molecule has 0 heterocycles. The second-order valence-electron chi connectivity index (χ2n) is 11.8. The third-order valence-corrected chi connectivity index (χ3v) is 10.6. The number of fused-ring (bicyclic) bond motifs is 18. The van der Waals surface area contributed by atoms with Gasteiger partial charge >= 0.3 is 15.6 Å². The summed E-state index contributed by atoms with van der Waals surface area (Å²) in [5, 5.41) is 2.86. The number of rotatable bonds is 4. The van der Waals surface area contributed by atoms with Crippen LogP contribution in [0.15, 0.2) is 72.8 Å². The van der Waals surface area contributed by atoms with Crippen LogP contribution in [0, 0.1) is 0 Å². The maximum absolute atomic E-state index is 12.4. The maximum atomic E-state index is 12.4. The third kappa shape index (κ3) is 3.39. The summed E-state index contributed by atoms with van der Waals surface area (Å²) in [6.07, 6.45) is 1.46. The SMILES string of the molecule is O=P(O)(O)Oc1c2c(c(OP(=O)(O)O)c3cc4c(cc13)C1CC4c3ccccc31)C1CC2c2cc3ccccc3cc21. The Morgan fingerprint density at radius 2 is 0.905 bits per heavy atom. The van der Waals surface area contributed by atoms with Gasteiger partial charge < -0.3 is 9.05 Å². The normalized spacial score (nSPS) is 22.8. The Labute approximate surface area is 240 Å². The van der Waals surface area contributed by atoms with Crippen LogP contribution in [0.25, 0.3) is 21.5 Å². The minimum atomic E-state index is -5.01. The topological polar surface area (TPSA) is 134 Å². The third-order valence-electron chi connectivity index (χ3n) is 9.75. The van der Waals surface area contributed by atoms with Crippen molar-refractivity contribution in [3.8, 4) is 11.5 Å². The molecule has 8 nitrogen and oxygen atoms in total. The second-order valence-corrected chi connectivity index (χ2v) is 14.1. The molecule has 0 aliphatic heterocycles. The van der Waals surface area contributed by atoms with E-state index in [9.17, 15) is 28.7 Å². The van der Waals surface area contributed by atoms with Crippen LogP contribution in [0.3, 0.4) is 0 Å². The summed E-state index contributed by atoms with van der Waals surface area (Å²) in [5.74, 6) is -0.179. The summed E-state index contributed by atoms with van der Waals surface area (Å²) in [5.41, 5.74) is 7.67. The van der Waals surface area contributed by atoms with E-state index in [0.717, 1.165) is 39.4 Å². The Morgan fingerprint density at radius 1 is 0.524 bits per heavy atom. The predicted molar refractivity (Wildman–Crippen MR) is 156 cm³/mol. The predicted octanol–water partition coefficient (Wildman–Crippen LogP) is 6.90. The molecule has 4 aliphatic rings. The number of hydrogen-bond donors (Lipinski definition) is 4. The molecule has 210 valence electrons. The molecule has 5 aromatic rings. The molecular formula is C32H24O8P2. The molecule has 4 unspecified atom stereocenters. The van der Waals surface area contributed by atoms with Crippen molar-refractivity contribution in [1.29, 1.82) is 0 Å². The van der Waals surface area contributed by atoms with Gasteiger partial charge in [-0.3, -0.25) is 19.6 Å². The van der Waals surface area contributed by atoms with E-state index >= 15 is 0 Å². The molecule has 4 bridgehead atoms. The average Bonchev–Trinajstić information content (AvgIpc) is 3.70. The number of phosphoric acid groups is 2. The molecule has 5 aromatic carbocycles. The largest absolute Gasteiger partial charge is 0.524 e. The first-order valence-corrected chi connectivity index (χ1v) is 16.9. The van der Waals surface area contributed by atoms with Crippen LogP contribution >= 0.6 is 15.6 Å². The molecule has 0 saturated heterocycles. The van der Waals surface area contributed by atoms with E-state index < -0.39 is 15.6 Å². The zero-order valence-corrected chi connectivity index (χ0v) is 23.8. The van der Waals surface area contributed by atoms with Crippen molar-refractivity contribution in [2.75, 3.05) is 0 Å².